The van der Waals surface area contributed by atoms with Crippen LogP contribution in [0.2, 0.25) is 0 Å². The second kappa shape index (κ2) is 6.72. The number of anilines is 1. The van der Waals surface area contributed by atoms with E-state index in [1.54, 1.807) is 19.9 Å². The zero-order chi connectivity index (χ0) is 14.4. The molecule has 0 fully saturated rings. The summed E-state index contributed by atoms with van der Waals surface area (Å²) in [6.07, 6.45) is -0.0145. The Labute approximate surface area is 110 Å². The van der Waals surface area contributed by atoms with Crippen LogP contribution in [0.25, 0.3) is 0 Å². The number of aliphatic carboxylic acids is 1. The quantitative estimate of drug-likeness (QED) is 0.767. The summed E-state index contributed by atoms with van der Waals surface area (Å²) in [4.78, 5) is 22.0. The van der Waals surface area contributed by atoms with E-state index in [1.807, 2.05) is 0 Å². The van der Waals surface area contributed by atoms with Crippen LogP contribution >= 0.6 is 0 Å². The van der Waals surface area contributed by atoms with Crippen molar-refractivity contribution >= 4 is 17.7 Å². The summed E-state index contributed by atoms with van der Waals surface area (Å²) >= 11 is 0. The van der Waals surface area contributed by atoms with Crippen LogP contribution in [0.1, 0.15) is 18.9 Å². The number of carboxylic acid groups (broad SMARTS) is 1. The van der Waals surface area contributed by atoms with Crippen LogP contribution in [0.15, 0.2) is 18.2 Å². The first kappa shape index (κ1) is 14.9. The fraction of sp³-hybridized carbons (Fsp3) is 0.385. The summed E-state index contributed by atoms with van der Waals surface area (Å²) in [6.45, 7) is 3.69. The van der Waals surface area contributed by atoms with Gasteiger partial charge in [0.1, 0.15) is 5.82 Å². The highest BCUT2D eigenvalue weighted by molar-refractivity contribution is 5.89. The van der Waals surface area contributed by atoms with Gasteiger partial charge in [0, 0.05) is 18.7 Å². The molecule has 6 heteroatoms. The predicted molar refractivity (Wildman–Crippen MR) is 69.6 cm³/mol. The number of nitrogens with one attached hydrogen (secondary N) is 2. The van der Waals surface area contributed by atoms with Crippen LogP contribution in [-0.2, 0) is 4.79 Å². The molecule has 0 saturated heterocycles. The minimum atomic E-state index is -0.907. The van der Waals surface area contributed by atoms with Crippen molar-refractivity contribution in [3.05, 3.63) is 29.6 Å². The maximum Gasteiger partial charge on any atom is 0.319 e. The molecule has 19 heavy (non-hydrogen) atoms. The standard InChI is InChI=1S/C13H17FN2O3/c1-8-3-10(14)6-11(4-8)16-13(19)15-7-9(2)5-12(17)18/h3-4,6,9H,5,7H2,1-2H3,(H,17,18)(H2,15,16,19). The highest BCUT2D eigenvalue weighted by Crippen LogP contribution is 2.13. The van der Waals surface area contributed by atoms with Gasteiger partial charge in [-0.25, -0.2) is 9.18 Å². The van der Waals surface area contributed by atoms with E-state index < -0.39 is 17.8 Å². The number of rotatable bonds is 5. The average molecular weight is 268 g/mol. The lowest BCUT2D eigenvalue weighted by Crippen LogP contribution is -2.33. The second-order valence-corrected chi connectivity index (χ2v) is 4.56. The molecular weight excluding hydrogens is 251 g/mol. The maximum absolute atomic E-state index is 13.1. The third kappa shape index (κ3) is 5.85. The molecular formula is C13H17FN2O3. The number of carboxylic acids is 1. The van der Waals surface area contributed by atoms with Crippen LogP contribution < -0.4 is 10.6 Å². The van der Waals surface area contributed by atoms with Crippen molar-refractivity contribution in [2.24, 2.45) is 5.92 Å². The highest BCUT2D eigenvalue weighted by atomic mass is 19.1. The van der Waals surface area contributed by atoms with Gasteiger partial charge in [0.05, 0.1) is 0 Å². The Kier molecular flexibility index (Phi) is 5.29. The third-order valence-electron chi connectivity index (χ3n) is 2.43. The summed E-state index contributed by atoms with van der Waals surface area (Å²) < 4.78 is 13.1. The molecule has 0 aliphatic heterocycles. The number of carbonyl (C=O) groups is 2. The smallest absolute Gasteiger partial charge is 0.319 e. The number of hydrogen-bond acceptors (Lipinski definition) is 2. The van der Waals surface area contributed by atoms with Gasteiger partial charge in [-0.2, -0.15) is 0 Å². The van der Waals surface area contributed by atoms with Gasteiger partial charge < -0.3 is 15.7 Å². The monoisotopic (exact) mass is 268 g/mol. The van der Waals surface area contributed by atoms with Gasteiger partial charge in [-0.15, -0.1) is 0 Å². The van der Waals surface area contributed by atoms with Gasteiger partial charge in [-0.3, -0.25) is 4.79 Å². The van der Waals surface area contributed by atoms with Crippen LogP contribution in [0.4, 0.5) is 14.9 Å². The Bertz CT molecular complexity index is 457. The number of halogens is 1. The summed E-state index contributed by atoms with van der Waals surface area (Å²) in [6, 6.07) is 3.73. The molecule has 2 amide bonds. The van der Waals surface area contributed by atoms with E-state index in [4.69, 9.17) is 5.11 Å². The number of urea groups is 1. The first-order valence-electron chi connectivity index (χ1n) is 5.90. The number of benzene rings is 1. The predicted octanol–water partition coefficient (Wildman–Crippen LogP) is 2.37. The molecule has 0 radical (unpaired) electrons. The number of aryl methyl sites for hydroxylation is 1. The molecule has 3 N–H and O–H groups in total. The summed E-state index contributed by atoms with van der Waals surface area (Å²) in [5.41, 5.74) is 1.07. The molecule has 1 aromatic rings. The van der Waals surface area contributed by atoms with E-state index >= 15 is 0 Å². The Morgan fingerprint density at radius 1 is 1.37 bits per heavy atom. The van der Waals surface area contributed by atoms with Crippen molar-refractivity contribution in [1.82, 2.24) is 5.32 Å². The van der Waals surface area contributed by atoms with Gasteiger partial charge in [-0.1, -0.05) is 6.92 Å². The zero-order valence-corrected chi connectivity index (χ0v) is 10.9. The largest absolute Gasteiger partial charge is 0.481 e. The SMILES string of the molecule is Cc1cc(F)cc(NC(=O)NCC(C)CC(=O)O)c1. The Morgan fingerprint density at radius 3 is 2.63 bits per heavy atom. The van der Waals surface area contributed by atoms with Crippen molar-refractivity contribution < 1.29 is 19.1 Å². The lowest BCUT2D eigenvalue weighted by atomic mass is 10.1. The van der Waals surface area contributed by atoms with E-state index in [2.05, 4.69) is 10.6 Å². The first-order chi connectivity index (χ1) is 8.86. The number of amides is 2. The third-order valence-corrected chi connectivity index (χ3v) is 2.43. The molecule has 1 rings (SSSR count). The normalized spacial score (nSPS) is 11.7. The molecule has 0 aliphatic carbocycles. The fourth-order valence-electron chi connectivity index (χ4n) is 1.62. The average Bonchev–Trinajstić information content (AvgIpc) is 2.23. The summed E-state index contributed by atoms with van der Waals surface area (Å²) in [5, 5.41) is 13.6. The lowest BCUT2D eigenvalue weighted by Gasteiger charge is -2.11. The van der Waals surface area contributed by atoms with Gasteiger partial charge in [-0.05, 0) is 36.6 Å². The molecule has 0 aromatic heterocycles. The van der Waals surface area contributed by atoms with E-state index in [0.29, 0.717) is 11.3 Å². The minimum Gasteiger partial charge on any atom is -0.481 e. The second-order valence-electron chi connectivity index (χ2n) is 4.56. The van der Waals surface area contributed by atoms with E-state index in [1.165, 1.54) is 12.1 Å². The van der Waals surface area contributed by atoms with Gasteiger partial charge in [0.2, 0.25) is 0 Å². The number of carbonyl (C=O) groups excluding carboxylic acids is 1. The summed E-state index contributed by atoms with van der Waals surface area (Å²) in [5.74, 6) is -1.50. The van der Waals surface area contributed by atoms with Crippen molar-refractivity contribution in [2.45, 2.75) is 20.3 Å². The Balaban J connectivity index is 2.45. The van der Waals surface area contributed by atoms with Crippen LogP contribution in [0.5, 0.6) is 0 Å². The molecule has 0 heterocycles. The summed E-state index contributed by atoms with van der Waals surface area (Å²) in [7, 11) is 0. The fourth-order valence-corrected chi connectivity index (χ4v) is 1.62. The van der Waals surface area contributed by atoms with Crippen molar-refractivity contribution in [2.75, 3.05) is 11.9 Å². The molecule has 0 bridgehead atoms. The van der Waals surface area contributed by atoms with Gasteiger partial charge in [0.15, 0.2) is 0 Å². The topological polar surface area (TPSA) is 78.4 Å². The van der Waals surface area contributed by atoms with Crippen LogP contribution in [-0.4, -0.2) is 23.7 Å². The molecule has 5 nitrogen and oxygen atoms in total. The first-order valence-corrected chi connectivity index (χ1v) is 5.90. The molecule has 1 atom stereocenters. The maximum atomic E-state index is 13.1. The van der Waals surface area contributed by atoms with E-state index in [9.17, 15) is 14.0 Å². The number of hydrogen-bond donors (Lipinski definition) is 3. The highest BCUT2D eigenvalue weighted by Gasteiger charge is 2.09. The van der Waals surface area contributed by atoms with Crippen molar-refractivity contribution in [1.29, 1.82) is 0 Å². The van der Waals surface area contributed by atoms with E-state index in [-0.39, 0.29) is 18.9 Å². The zero-order valence-electron chi connectivity index (χ0n) is 10.9. The van der Waals surface area contributed by atoms with Gasteiger partial charge in [0.25, 0.3) is 0 Å². The Hall–Kier alpha value is -2.11. The molecule has 1 aromatic carbocycles. The molecule has 0 spiro atoms. The van der Waals surface area contributed by atoms with Crippen LogP contribution in [0.3, 0.4) is 0 Å². The van der Waals surface area contributed by atoms with E-state index in [0.717, 1.165) is 0 Å². The minimum absolute atomic E-state index is 0.0145. The molecule has 104 valence electrons. The Morgan fingerprint density at radius 2 is 2.05 bits per heavy atom. The molecule has 1 unspecified atom stereocenters. The van der Waals surface area contributed by atoms with Crippen molar-refractivity contribution in [3.8, 4) is 0 Å². The molecule has 0 saturated carbocycles. The van der Waals surface area contributed by atoms with Crippen LogP contribution in [0, 0.1) is 18.7 Å². The lowest BCUT2D eigenvalue weighted by molar-refractivity contribution is -0.137. The van der Waals surface area contributed by atoms with Crippen molar-refractivity contribution in [3.63, 3.8) is 0 Å². The van der Waals surface area contributed by atoms with Gasteiger partial charge >= 0.3 is 12.0 Å². The molecule has 0 aliphatic rings.